The van der Waals surface area contributed by atoms with E-state index in [9.17, 15) is 14.7 Å². The highest BCUT2D eigenvalue weighted by atomic mass is 16.5. The first-order valence-electron chi connectivity index (χ1n) is 4.82. The number of ketones is 1. The molecule has 2 atom stereocenters. The Labute approximate surface area is 89.0 Å². The topological polar surface area (TPSA) is 66.8 Å². The molecule has 0 aromatic rings. The van der Waals surface area contributed by atoms with Crippen LogP contribution in [0.4, 0.5) is 0 Å². The number of hydrogen-bond acceptors (Lipinski definition) is 5. The van der Waals surface area contributed by atoms with Crippen LogP contribution in [0.2, 0.25) is 0 Å². The molecule has 0 aromatic carbocycles. The lowest BCUT2D eigenvalue weighted by Gasteiger charge is -2.29. The summed E-state index contributed by atoms with van der Waals surface area (Å²) in [4.78, 5) is 24.8. The number of likely N-dealkylation sites (tertiary alicyclic amines) is 1. The summed E-state index contributed by atoms with van der Waals surface area (Å²) in [5.74, 6) is -1.31. The van der Waals surface area contributed by atoms with Crippen molar-refractivity contribution in [2.24, 2.45) is 5.92 Å². The van der Waals surface area contributed by atoms with E-state index in [1.165, 1.54) is 21.0 Å². The fourth-order valence-electron chi connectivity index (χ4n) is 2.09. The number of rotatable bonds is 2. The van der Waals surface area contributed by atoms with Crippen molar-refractivity contribution in [2.45, 2.75) is 25.5 Å². The number of carbonyl (C=O) groups excluding carboxylic acids is 2. The van der Waals surface area contributed by atoms with Gasteiger partial charge in [-0.25, -0.2) is 0 Å². The smallest absolute Gasteiger partial charge is 0.323 e. The monoisotopic (exact) mass is 215 g/mol. The number of nitrogens with zero attached hydrogens (tertiary/aromatic N) is 1. The average molecular weight is 215 g/mol. The van der Waals surface area contributed by atoms with Gasteiger partial charge in [-0.2, -0.15) is 0 Å². The predicted octanol–water partition coefficient (Wildman–Crippen LogP) is -0.570. The van der Waals surface area contributed by atoms with Crippen LogP contribution < -0.4 is 0 Å². The second-order valence-electron chi connectivity index (χ2n) is 4.48. The van der Waals surface area contributed by atoms with Crippen LogP contribution in [0.25, 0.3) is 0 Å². The van der Waals surface area contributed by atoms with Gasteiger partial charge >= 0.3 is 5.97 Å². The summed E-state index contributed by atoms with van der Waals surface area (Å²) in [6.07, 6.45) is 0. The van der Waals surface area contributed by atoms with E-state index in [0.29, 0.717) is 0 Å². The summed E-state index contributed by atoms with van der Waals surface area (Å²) in [7, 11) is 2.95. The van der Waals surface area contributed by atoms with Gasteiger partial charge in [0.2, 0.25) is 0 Å². The zero-order valence-electron chi connectivity index (χ0n) is 9.48. The fraction of sp³-hybridized carbons (Fsp3) is 0.800. The quantitative estimate of drug-likeness (QED) is 0.625. The van der Waals surface area contributed by atoms with Gasteiger partial charge in [0.15, 0.2) is 5.78 Å². The van der Waals surface area contributed by atoms with E-state index in [1.54, 1.807) is 11.9 Å². The molecule has 5 nitrogen and oxygen atoms in total. The maximum atomic E-state index is 11.7. The number of Topliss-reactive ketones (excluding diaryl/α,β-unsaturated/α-hetero) is 1. The van der Waals surface area contributed by atoms with E-state index < -0.39 is 23.5 Å². The third-order valence-electron chi connectivity index (χ3n) is 2.75. The second kappa shape index (κ2) is 3.90. The number of hydrogen-bond donors (Lipinski definition) is 1. The van der Waals surface area contributed by atoms with Crippen molar-refractivity contribution in [3.63, 3.8) is 0 Å². The Morgan fingerprint density at radius 2 is 2.13 bits per heavy atom. The first kappa shape index (κ1) is 12.1. The molecule has 0 aliphatic carbocycles. The number of methoxy groups -OCH3 is 1. The summed E-state index contributed by atoms with van der Waals surface area (Å²) < 4.78 is 4.63. The maximum absolute atomic E-state index is 11.7. The molecule has 0 unspecified atom stereocenters. The molecule has 1 aliphatic heterocycles. The van der Waals surface area contributed by atoms with Gasteiger partial charge in [-0.05, 0) is 20.9 Å². The Balaban J connectivity index is 3.00. The van der Waals surface area contributed by atoms with Gasteiger partial charge in [0.25, 0.3) is 0 Å². The Bertz CT molecular complexity index is 282. The minimum Gasteiger partial charge on any atom is -0.468 e. The van der Waals surface area contributed by atoms with E-state index in [1.807, 2.05) is 0 Å². The predicted molar refractivity (Wildman–Crippen MR) is 53.2 cm³/mol. The molecule has 86 valence electrons. The van der Waals surface area contributed by atoms with Crippen LogP contribution in [0, 0.1) is 5.92 Å². The van der Waals surface area contributed by atoms with Gasteiger partial charge in [0.1, 0.15) is 6.04 Å². The first-order valence-corrected chi connectivity index (χ1v) is 4.82. The molecule has 0 bridgehead atoms. The van der Waals surface area contributed by atoms with Crippen molar-refractivity contribution in [1.82, 2.24) is 4.90 Å². The third kappa shape index (κ3) is 2.18. The van der Waals surface area contributed by atoms with Crippen LogP contribution in [-0.2, 0) is 14.3 Å². The zero-order valence-corrected chi connectivity index (χ0v) is 9.48. The highest BCUT2D eigenvalue weighted by Gasteiger charge is 2.50. The van der Waals surface area contributed by atoms with E-state index in [-0.39, 0.29) is 12.3 Å². The highest BCUT2D eigenvalue weighted by molar-refractivity contribution is 5.94. The zero-order chi connectivity index (χ0) is 11.8. The van der Waals surface area contributed by atoms with E-state index in [4.69, 9.17) is 0 Å². The molecule has 1 rings (SSSR count). The number of ether oxygens (including phenoxy) is 1. The molecule has 1 aliphatic rings. The van der Waals surface area contributed by atoms with Gasteiger partial charge in [-0.3, -0.25) is 14.5 Å². The summed E-state index contributed by atoms with van der Waals surface area (Å²) in [5.41, 5.74) is -1.21. The standard InChI is InChI=1S/C10H17NO4/c1-10(2,14)7-6(12)5-11(3)8(7)9(13)15-4/h7-8,14H,5H2,1-4H3/t7-,8-/m0/s1. The second-order valence-corrected chi connectivity index (χ2v) is 4.48. The molecule has 1 heterocycles. The molecule has 15 heavy (non-hydrogen) atoms. The van der Waals surface area contributed by atoms with Gasteiger partial charge in [-0.1, -0.05) is 0 Å². The van der Waals surface area contributed by atoms with Crippen LogP contribution in [0.15, 0.2) is 0 Å². The van der Waals surface area contributed by atoms with Crippen LogP contribution in [0.3, 0.4) is 0 Å². The molecule has 1 N–H and O–H groups in total. The molecule has 1 saturated heterocycles. The van der Waals surface area contributed by atoms with Crippen molar-refractivity contribution in [3.05, 3.63) is 0 Å². The van der Waals surface area contributed by atoms with Crippen LogP contribution in [-0.4, -0.2) is 54.1 Å². The molecule has 0 spiro atoms. The molecule has 1 fully saturated rings. The third-order valence-corrected chi connectivity index (χ3v) is 2.75. The van der Waals surface area contributed by atoms with Gasteiger partial charge in [-0.15, -0.1) is 0 Å². The largest absolute Gasteiger partial charge is 0.468 e. The van der Waals surface area contributed by atoms with Crippen molar-refractivity contribution < 1.29 is 19.4 Å². The molecular weight excluding hydrogens is 198 g/mol. The Morgan fingerprint density at radius 1 is 1.60 bits per heavy atom. The minimum atomic E-state index is -1.21. The van der Waals surface area contributed by atoms with Crippen LogP contribution >= 0.6 is 0 Å². The van der Waals surface area contributed by atoms with Gasteiger partial charge in [0.05, 0.1) is 25.2 Å². The summed E-state index contributed by atoms with van der Waals surface area (Å²) in [6, 6.07) is -0.678. The molecular formula is C10H17NO4. The highest BCUT2D eigenvalue weighted by Crippen LogP contribution is 2.30. The molecule has 5 heteroatoms. The van der Waals surface area contributed by atoms with Crippen LogP contribution in [0.1, 0.15) is 13.8 Å². The van der Waals surface area contributed by atoms with Crippen molar-refractivity contribution in [2.75, 3.05) is 20.7 Å². The maximum Gasteiger partial charge on any atom is 0.323 e. The Kier molecular flexibility index (Phi) is 3.16. The van der Waals surface area contributed by atoms with E-state index in [0.717, 1.165) is 0 Å². The number of carbonyl (C=O) groups is 2. The lowest BCUT2D eigenvalue weighted by Crippen LogP contribution is -2.47. The van der Waals surface area contributed by atoms with Gasteiger partial charge in [0, 0.05) is 0 Å². The fourth-order valence-corrected chi connectivity index (χ4v) is 2.09. The summed E-state index contributed by atoms with van der Waals surface area (Å²) in [5, 5.41) is 9.87. The van der Waals surface area contributed by atoms with Crippen LogP contribution in [0.5, 0.6) is 0 Å². The molecule has 0 radical (unpaired) electrons. The molecule has 0 amide bonds. The number of esters is 1. The Morgan fingerprint density at radius 3 is 2.53 bits per heavy atom. The summed E-state index contributed by atoms with van der Waals surface area (Å²) >= 11 is 0. The number of aliphatic hydroxyl groups is 1. The SMILES string of the molecule is COC(=O)[C@@H]1[C@@H](C(C)(C)O)C(=O)CN1C. The number of likely N-dealkylation sites (N-methyl/N-ethyl adjacent to an activating group) is 1. The Hall–Kier alpha value is -0.940. The lowest BCUT2D eigenvalue weighted by atomic mass is 9.84. The lowest BCUT2D eigenvalue weighted by molar-refractivity contribution is -0.151. The minimum absolute atomic E-state index is 0.125. The molecule has 0 aromatic heterocycles. The van der Waals surface area contributed by atoms with E-state index >= 15 is 0 Å². The van der Waals surface area contributed by atoms with E-state index in [2.05, 4.69) is 4.74 Å². The van der Waals surface area contributed by atoms with Gasteiger partial charge < -0.3 is 9.84 Å². The van der Waals surface area contributed by atoms with Crippen molar-refractivity contribution >= 4 is 11.8 Å². The first-order chi connectivity index (χ1) is 6.79. The molecule has 0 saturated carbocycles. The average Bonchev–Trinajstić information content (AvgIpc) is 2.38. The summed E-state index contributed by atoms with van der Waals surface area (Å²) in [6.45, 7) is 3.24. The van der Waals surface area contributed by atoms with Crippen molar-refractivity contribution in [1.29, 1.82) is 0 Å². The van der Waals surface area contributed by atoms with Crippen molar-refractivity contribution in [3.8, 4) is 0 Å². The normalized spacial score (nSPS) is 28.2.